The normalized spacial score (nSPS) is 12.2. The van der Waals surface area contributed by atoms with Crippen LogP contribution in [0.15, 0.2) is 0 Å². The van der Waals surface area contributed by atoms with Crippen molar-refractivity contribution in [2.24, 2.45) is 5.92 Å². The summed E-state index contributed by atoms with van der Waals surface area (Å²) in [5.41, 5.74) is 0. The summed E-state index contributed by atoms with van der Waals surface area (Å²) in [7, 11) is 0. The average Bonchev–Trinajstić information content (AvgIpc) is 2.10. The Hall–Kier alpha value is -1.39. The monoisotopic (exact) mass is 200 g/mol. The van der Waals surface area contributed by atoms with E-state index in [1.165, 1.54) is 0 Å². The molecule has 0 aliphatic carbocycles. The fourth-order valence-electron chi connectivity index (χ4n) is 0.799. The van der Waals surface area contributed by atoms with Crippen LogP contribution in [-0.2, 0) is 14.4 Å². The maximum atomic E-state index is 11.1. The van der Waals surface area contributed by atoms with Gasteiger partial charge in [-0.3, -0.25) is 9.59 Å². The van der Waals surface area contributed by atoms with Crippen LogP contribution in [0.1, 0.15) is 26.7 Å². The Morgan fingerprint density at radius 1 is 1.43 bits per heavy atom. The van der Waals surface area contributed by atoms with Gasteiger partial charge in [-0.05, 0) is 6.42 Å². The Morgan fingerprint density at radius 2 is 2.00 bits per heavy atom. The molecule has 0 fully saturated rings. The van der Waals surface area contributed by atoms with Crippen LogP contribution in [0.3, 0.4) is 0 Å². The first kappa shape index (κ1) is 12.6. The maximum absolute atomic E-state index is 11.1. The van der Waals surface area contributed by atoms with Gasteiger partial charge in [-0.25, -0.2) is 4.79 Å². The highest BCUT2D eigenvalue weighted by atomic mass is 16.4. The molecule has 1 radical (unpaired) electrons. The predicted molar refractivity (Wildman–Crippen MR) is 49.3 cm³/mol. The Kier molecular flexibility index (Phi) is 5.52. The first-order valence-electron chi connectivity index (χ1n) is 4.37. The Labute approximate surface area is 82.5 Å². The minimum atomic E-state index is -1.13. The van der Waals surface area contributed by atoms with Crippen LogP contribution >= 0.6 is 0 Å². The van der Waals surface area contributed by atoms with Crippen LogP contribution in [0.2, 0.25) is 0 Å². The van der Waals surface area contributed by atoms with E-state index in [0.717, 1.165) is 0 Å². The highest BCUT2D eigenvalue weighted by Crippen LogP contribution is 1.99. The van der Waals surface area contributed by atoms with Crippen molar-refractivity contribution < 1.29 is 19.5 Å². The van der Waals surface area contributed by atoms with Crippen LogP contribution in [-0.4, -0.2) is 29.3 Å². The quantitative estimate of drug-likeness (QED) is 0.637. The van der Waals surface area contributed by atoms with Crippen molar-refractivity contribution in [3.8, 4) is 0 Å². The summed E-state index contributed by atoms with van der Waals surface area (Å²) in [5.74, 6) is -1.73. The molecule has 0 aliphatic heterocycles. The molecule has 0 saturated heterocycles. The SMILES string of the molecule is CC(C)C(=O)N[C@@H](CC[C]=O)C(=O)O. The standard InChI is InChI=1S/C9H14NO4/c1-6(2)8(12)10-7(9(13)14)4-3-5-11/h6-7H,3-4H2,1-2H3,(H,10,12)(H,13,14)/t7-/m0/s1. The molecule has 0 bridgehead atoms. The molecular formula is C9H14NO4. The maximum Gasteiger partial charge on any atom is 0.326 e. The van der Waals surface area contributed by atoms with Gasteiger partial charge in [0.1, 0.15) is 6.04 Å². The molecular weight excluding hydrogens is 186 g/mol. The van der Waals surface area contributed by atoms with Crippen LogP contribution < -0.4 is 5.32 Å². The lowest BCUT2D eigenvalue weighted by Gasteiger charge is -2.14. The van der Waals surface area contributed by atoms with Crippen molar-refractivity contribution in [1.82, 2.24) is 5.32 Å². The predicted octanol–water partition coefficient (Wildman–Crippen LogP) is 0.102. The molecule has 0 rings (SSSR count). The zero-order valence-electron chi connectivity index (χ0n) is 8.24. The molecule has 0 saturated carbocycles. The minimum Gasteiger partial charge on any atom is -0.480 e. The Bertz CT molecular complexity index is 225. The molecule has 0 heterocycles. The van der Waals surface area contributed by atoms with Crippen molar-refractivity contribution in [3.05, 3.63) is 0 Å². The van der Waals surface area contributed by atoms with Crippen molar-refractivity contribution >= 4 is 18.2 Å². The van der Waals surface area contributed by atoms with Gasteiger partial charge in [0.15, 0.2) is 6.29 Å². The fourth-order valence-corrected chi connectivity index (χ4v) is 0.799. The van der Waals surface area contributed by atoms with Gasteiger partial charge in [0.2, 0.25) is 5.91 Å². The highest BCUT2D eigenvalue weighted by Gasteiger charge is 2.20. The van der Waals surface area contributed by atoms with Crippen molar-refractivity contribution in [3.63, 3.8) is 0 Å². The molecule has 14 heavy (non-hydrogen) atoms. The topological polar surface area (TPSA) is 83.5 Å². The lowest BCUT2D eigenvalue weighted by atomic mass is 10.1. The first-order chi connectivity index (χ1) is 6.49. The van der Waals surface area contributed by atoms with Crippen LogP contribution in [0.25, 0.3) is 0 Å². The molecule has 0 aromatic carbocycles. The van der Waals surface area contributed by atoms with E-state index in [0.29, 0.717) is 0 Å². The molecule has 5 heteroatoms. The number of hydrogen-bond donors (Lipinski definition) is 2. The molecule has 2 N–H and O–H groups in total. The number of aliphatic carboxylic acids is 1. The van der Waals surface area contributed by atoms with E-state index in [9.17, 15) is 14.4 Å². The lowest BCUT2D eigenvalue weighted by Crippen LogP contribution is -2.42. The molecule has 0 aromatic rings. The molecule has 0 aromatic heterocycles. The Morgan fingerprint density at radius 3 is 2.36 bits per heavy atom. The van der Waals surface area contributed by atoms with Gasteiger partial charge in [0.25, 0.3) is 0 Å². The summed E-state index contributed by atoms with van der Waals surface area (Å²) in [4.78, 5) is 31.7. The van der Waals surface area contributed by atoms with E-state index in [4.69, 9.17) is 5.11 Å². The largest absolute Gasteiger partial charge is 0.480 e. The van der Waals surface area contributed by atoms with E-state index in [1.807, 2.05) is 0 Å². The number of carboxylic acids is 1. The number of carboxylic acid groups (broad SMARTS) is 1. The second-order valence-electron chi connectivity index (χ2n) is 3.24. The Balaban J connectivity index is 4.15. The van der Waals surface area contributed by atoms with Gasteiger partial charge < -0.3 is 10.4 Å². The number of carbonyl (C=O) groups is 2. The first-order valence-corrected chi connectivity index (χ1v) is 4.37. The molecule has 1 amide bonds. The van der Waals surface area contributed by atoms with Crippen molar-refractivity contribution in [2.75, 3.05) is 0 Å². The van der Waals surface area contributed by atoms with Gasteiger partial charge in [0, 0.05) is 12.3 Å². The number of amides is 1. The summed E-state index contributed by atoms with van der Waals surface area (Å²) < 4.78 is 0. The number of carbonyl (C=O) groups excluding carboxylic acids is 2. The van der Waals surface area contributed by atoms with Gasteiger partial charge in [-0.1, -0.05) is 13.8 Å². The number of rotatable bonds is 6. The summed E-state index contributed by atoms with van der Waals surface area (Å²) in [6, 6.07) is -0.994. The van der Waals surface area contributed by atoms with E-state index < -0.39 is 12.0 Å². The van der Waals surface area contributed by atoms with E-state index in [2.05, 4.69) is 5.32 Å². The van der Waals surface area contributed by atoms with Crippen LogP contribution in [0.4, 0.5) is 0 Å². The third-order valence-electron chi connectivity index (χ3n) is 1.67. The zero-order valence-corrected chi connectivity index (χ0v) is 8.24. The molecule has 1 atom stereocenters. The second-order valence-corrected chi connectivity index (χ2v) is 3.24. The fraction of sp³-hybridized carbons (Fsp3) is 0.667. The molecule has 0 aliphatic rings. The summed E-state index contributed by atoms with van der Waals surface area (Å²) in [6.07, 6.45) is 1.68. The summed E-state index contributed by atoms with van der Waals surface area (Å²) >= 11 is 0. The van der Waals surface area contributed by atoms with Crippen molar-refractivity contribution in [2.45, 2.75) is 32.7 Å². The van der Waals surface area contributed by atoms with Gasteiger partial charge in [0.05, 0.1) is 0 Å². The van der Waals surface area contributed by atoms with Gasteiger partial charge in [-0.15, -0.1) is 0 Å². The highest BCUT2D eigenvalue weighted by molar-refractivity contribution is 5.84. The van der Waals surface area contributed by atoms with Crippen molar-refractivity contribution in [1.29, 1.82) is 0 Å². The minimum absolute atomic E-state index is 0.00927. The molecule has 0 spiro atoms. The number of hydrogen-bond acceptors (Lipinski definition) is 3. The average molecular weight is 200 g/mol. The third-order valence-corrected chi connectivity index (χ3v) is 1.67. The third kappa shape index (κ3) is 4.59. The molecule has 5 nitrogen and oxygen atoms in total. The smallest absolute Gasteiger partial charge is 0.326 e. The molecule has 79 valence electrons. The van der Waals surface area contributed by atoms with Crippen LogP contribution in [0, 0.1) is 5.92 Å². The lowest BCUT2D eigenvalue weighted by molar-refractivity contribution is -0.142. The summed E-state index contributed by atoms with van der Waals surface area (Å²) in [6.45, 7) is 3.33. The van der Waals surface area contributed by atoms with E-state index in [1.54, 1.807) is 20.1 Å². The summed E-state index contributed by atoms with van der Waals surface area (Å²) in [5, 5.41) is 11.0. The van der Waals surface area contributed by atoms with Crippen LogP contribution in [0.5, 0.6) is 0 Å². The van der Waals surface area contributed by atoms with Gasteiger partial charge in [-0.2, -0.15) is 0 Å². The zero-order chi connectivity index (χ0) is 11.1. The van der Waals surface area contributed by atoms with Gasteiger partial charge >= 0.3 is 5.97 Å². The second kappa shape index (κ2) is 6.12. The molecule has 0 unspecified atom stereocenters. The van der Waals surface area contributed by atoms with E-state index in [-0.39, 0.29) is 24.7 Å². The number of nitrogens with one attached hydrogen (secondary N) is 1. The van der Waals surface area contributed by atoms with E-state index >= 15 is 0 Å².